The summed E-state index contributed by atoms with van der Waals surface area (Å²) in [5.74, 6) is -2.82. The van der Waals surface area contributed by atoms with Gasteiger partial charge in [0.15, 0.2) is 4.93 Å². The summed E-state index contributed by atoms with van der Waals surface area (Å²) in [6.45, 7) is 4.02. The Kier molecular flexibility index (Phi) is 7.51. The van der Waals surface area contributed by atoms with Crippen LogP contribution in [0.25, 0.3) is 0 Å². The Hall–Kier alpha value is -0.420. The van der Waals surface area contributed by atoms with E-state index in [1.54, 1.807) is 0 Å². The molecule has 2 fully saturated rings. The molecule has 2 aliphatic rings. The molecule has 25 heavy (non-hydrogen) atoms. The largest absolute Gasteiger partial charge is 0.373 e. The SMILES string of the molecule is CCCC/C=C\CC1C(=O)C[C@H]2SC(O)(C(F)(F)CCCC)CC[C@H]12. The van der Waals surface area contributed by atoms with Gasteiger partial charge in [0, 0.05) is 24.0 Å². The Morgan fingerprint density at radius 1 is 1.28 bits per heavy atom. The lowest BCUT2D eigenvalue weighted by molar-refractivity contribution is -0.142. The Labute approximate surface area is 154 Å². The average Bonchev–Trinajstić information content (AvgIpc) is 2.87. The summed E-state index contributed by atoms with van der Waals surface area (Å²) >= 11 is 0.977. The lowest BCUT2D eigenvalue weighted by Gasteiger charge is -2.43. The first-order valence-corrected chi connectivity index (χ1v) is 10.7. The highest BCUT2D eigenvalue weighted by atomic mass is 32.2. The first kappa shape index (κ1) is 20.9. The number of rotatable bonds is 9. The first-order chi connectivity index (χ1) is 11.8. The third kappa shape index (κ3) is 4.85. The summed E-state index contributed by atoms with van der Waals surface area (Å²) in [7, 11) is 0. The number of halogens is 2. The van der Waals surface area contributed by atoms with E-state index in [2.05, 4.69) is 19.1 Å². The lowest BCUT2D eigenvalue weighted by Crippen LogP contribution is -2.50. The van der Waals surface area contributed by atoms with Crippen molar-refractivity contribution in [3.8, 4) is 0 Å². The van der Waals surface area contributed by atoms with Crippen LogP contribution in [0.15, 0.2) is 12.2 Å². The molecule has 0 aromatic heterocycles. The fraction of sp³-hybridized carbons (Fsp3) is 0.850. The molecule has 0 spiro atoms. The third-order valence-corrected chi connectivity index (χ3v) is 7.38. The molecule has 1 saturated carbocycles. The zero-order valence-electron chi connectivity index (χ0n) is 15.5. The number of hydrogen-bond acceptors (Lipinski definition) is 3. The van der Waals surface area contributed by atoms with Gasteiger partial charge < -0.3 is 5.11 Å². The molecule has 144 valence electrons. The van der Waals surface area contributed by atoms with Crippen LogP contribution in [0.3, 0.4) is 0 Å². The second-order valence-corrected chi connectivity index (χ2v) is 9.09. The molecule has 0 aromatic rings. The second kappa shape index (κ2) is 8.98. The van der Waals surface area contributed by atoms with Gasteiger partial charge in [0.25, 0.3) is 5.92 Å². The number of ketones is 1. The van der Waals surface area contributed by atoms with Crippen LogP contribution in [0, 0.1) is 11.8 Å². The quantitative estimate of drug-likeness (QED) is 0.413. The molecule has 0 aromatic carbocycles. The summed E-state index contributed by atoms with van der Waals surface area (Å²) in [5.41, 5.74) is 0. The van der Waals surface area contributed by atoms with Crippen molar-refractivity contribution in [2.45, 2.75) is 94.2 Å². The van der Waals surface area contributed by atoms with E-state index in [1.165, 1.54) is 0 Å². The molecule has 1 saturated heterocycles. The zero-order chi connectivity index (χ0) is 18.5. The van der Waals surface area contributed by atoms with Gasteiger partial charge in [-0.25, -0.2) is 8.78 Å². The van der Waals surface area contributed by atoms with Crippen molar-refractivity contribution in [2.75, 3.05) is 0 Å². The molecule has 0 amide bonds. The smallest absolute Gasteiger partial charge is 0.285 e. The molecule has 1 N–H and O–H groups in total. The molecule has 0 bridgehead atoms. The molecule has 1 aliphatic heterocycles. The fourth-order valence-corrected chi connectivity index (χ4v) is 5.80. The van der Waals surface area contributed by atoms with Gasteiger partial charge in [-0.3, -0.25) is 4.79 Å². The van der Waals surface area contributed by atoms with E-state index in [9.17, 15) is 18.7 Å². The number of fused-ring (bicyclic) bond motifs is 1. The number of alkyl halides is 2. The van der Waals surface area contributed by atoms with Crippen LogP contribution in [-0.2, 0) is 4.79 Å². The van der Waals surface area contributed by atoms with Crippen molar-refractivity contribution in [2.24, 2.45) is 11.8 Å². The number of thioether (sulfide) groups is 1. The van der Waals surface area contributed by atoms with Crippen molar-refractivity contribution in [1.29, 1.82) is 0 Å². The minimum absolute atomic E-state index is 0.0517. The maximum Gasteiger partial charge on any atom is 0.285 e. The van der Waals surface area contributed by atoms with Crippen molar-refractivity contribution in [3.05, 3.63) is 12.2 Å². The van der Waals surface area contributed by atoms with Crippen LogP contribution >= 0.6 is 11.8 Å². The zero-order valence-corrected chi connectivity index (χ0v) is 16.3. The Bertz CT molecular complexity index is 480. The summed E-state index contributed by atoms with van der Waals surface area (Å²) in [5, 5.41) is 10.4. The first-order valence-electron chi connectivity index (χ1n) is 9.80. The number of hydrogen-bond donors (Lipinski definition) is 1. The Balaban J connectivity index is 1.97. The molecule has 0 radical (unpaired) electrons. The standard InChI is InChI=1S/C20H32F2O2S/c1-3-5-7-8-9-10-15-16-11-13-20(24,19(21,22)12-6-4-2)25-18(16)14-17(15)23/h8-9,15-16,18,24H,3-7,10-14H2,1-2H3/b9-8-/t15?,16-,18-,20?/m1/s1. The van der Waals surface area contributed by atoms with E-state index in [0.717, 1.165) is 37.4 Å². The number of allylic oxidation sites excluding steroid dienone is 2. The van der Waals surface area contributed by atoms with Crippen LogP contribution in [0.2, 0.25) is 0 Å². The highest BCUT2D eigenvalue weighted by Gasteiger charge is 2.59. The molecule has 4 atom stereocenters. The highest BCUT2D eigenvalue weighted by Crippen LogP contribution is 2.56. The van der Waals surface area contributed by atoms with Gasteiger partial charge in [-0.05, 0) is 38.0 Å². The fourth-order valence-electron chi connectivity index (χ4n) is 4.04. The van der Waals surface area contributed by atoms with Crippen LogP contribution in [-0.4, -0.2) is 27.0 Å². The van der Waals surface area contributed by atoms with Crippen molar-refractivity contribution < 1.29 is 18.7 Å². The van der Waals surface area contributed by atoms with E-state index in [-0.39, 0.29) is 35.7 Å². The number of unbranched alkanes of at least 4 members (excludes halogenated alkanes) is 3. The predicted molar refractivity (Wildman–Crippen MR) is 99.9 cm³/mol. The number of carbonyl (C=O) groups excluding carboxylic acids is 1. The lowest BCUT2D eigenvalue weighted by atomic mass is 9.85. The maximum absolute atomic E-state index is 14.5. The second-order valence-electron chi connectivity index (χ2n) is 7.58. The summed E-state index contributed by atoms with van der Waals surface area (Å²) in [6.07, 6.45) is 10.0. The van der Waals surface area contributed by atoms with Gasteiger partial charge >= 0.3 is 0 Å². The summed E-state index contributed by atoms with van der Waals surface area (Å²) in [4.78, 5) is 10.4. The minimum atomic E-state index is -3.08. The van der Waals surface area contributed by atoms with E-state index >= 15 is 0 Å². The highest BCUT2D eigenvalue weighted by molar-refractivity contribution is 8.01. The van der Waals surface area contributed by atoms with Gasteiger partial charge in [-0.1, -0.05) is 45.3 Å². The van der Waals surface area contributed by atoms with Crippen LogP contribution in [0.1, 0.15) is 78.1 Å². The van der Waals surface area contributed by atoms with Crippen molar-refractivity contribution in [3.63, 3.8) is 0 Å². The third-order valence-electron chi connectivity index (χ3n) is 5.67. The van der Waals surface area contributed by atoms with E-state index in [0.29, 0.717) is 25.7 Å². The van der Waals surface area contributed by atoms with Crippen LogP contribution in [0.4, 0.5) is 8.78 Å². The minimum Gasteiger partial charge on any atom is -0.373 e. The van der Waals surface area contributed by atoms with Gasteiger partial charge in [-0.15, -0.1) is 11.8 Å². The number of aliphatic hydroxyl groups is 1. The molecule has 2 rings (SSSR count). The predicted octanol–water partition coefficient (Wildman–Crippen LogP) is 5.74. The van der Waals surface area contributed by atoms with Gasteiger partial charge in [0.2, 0.25) is 0 Å². The molecular formula is C20H32F2O2S. The summed E-state index contributed by atoms with van der Waals surface area (Å²) in [6, 6.07) is 0. The molecular weight excluding hydrogens is 342 g/mol. The molecule has 1 aliphatic carbocycles. The van der Waals surface area contributed by atoms with E-state index < -0.39 is 10.9 Å². The molecule has 2 nitrogen and oxygen atoms in total. The normalized spacial score (nSPS) is 33.2. The van der Waals surface area contributed by atoms with E-state index in [4.69, 9.17) is 0 Å². The monoisotopic (exact) mass is 374 g/mol. The Morgan fingerprint density at radius 3 is 2.68 bits per heavy atom. The maximum atomic E-state index is 14.5. The molecule has 2 unspecified atom stereocenters. The van der Waals surface area contributed by atoms with Crippen molar-refractivity contribution >= 4 is 17.5 Å². The molecule has 5 heteroatoms. The number of carbonyl (C=O) groups is 1. The van der Waals surface area contributed by atoms with Gasteiger partial charge in [-0.2, -0.15) is 0 Å². The van der Waals surface area contributed by atoms with Gasteiger partial charge in [0.1, 0.15) is 5.78 Å². The van der Waals surface area contributed by atoms with Crippen LogP contribution < -0.4 is 0 Å². The average molecular weight is 375 g/mol. The van der Waals surface area contributed by atoms with Crippen molar-refractivity contribution in [1.82, 2.24) is 0 Å². The van der Waals surface area contributed by atoms with Crippen LogP contribution in [0.5, 0.6) is 0 Å². The van der Waals surface area contributed by atoms with E-state index in [1.807, 2.05) is 6.92 Å². The van der Waals surface area contributed by atoms with Gasteiger partial charge in [0.05, 0.1) is 0 Å². The molecule has 1 heterocycles. The number of Topliss-reactive ketones (excluding diaryl/α,β-unsaturated/α-hetero) is 1. The topological polar surface area (TPSA) is 37.3 Å². The summed E-state index contributed by atoms with van der Waals surface area (Å²) < 4.78 is 29.0. The Morgan fingerprint density at radius 2 is 2.00 bits per heavy atom.